The van der Waals surface area contributed by atoms with Crippen LogP contribution in [0, 0.1) is 5.41 Å². The van der Waals surface area contributed by atoms with Crippen LogP contribution in [-0.2, 0) is 0 Å². The Morgan fingerprint density at radius 2 is 1.96 bits per heavy atom. The highest BCUT2D eigenvalue weighted by Gasteiger charge is 2.32. The zero-order valence-corrected chi connectivity index (χ0v) is 16.8. The smallest absolute Gasteiger partial charge is 0.193 e. The summed E-state index contributed by atoms with van der Waals surface area (Å²) in [6, 6.07) is 8.73. The molecule has 0 aromatic heterocycles. The van der Waals surface area contributed by atoms with Crippen LogP contribution in [0.2, 0.25) is 0 Å². The van der Waals surface area contributed by atoms with E-state index in [9.17, 15) is 0 Å². The first kappa shape index (κ1) is 19.0. The van der Waals surface area contributed by atoms with Crippen LogP contribution in [0.25, 0.3) is 0 Å². The van der Waals surface area contributed by atoms with Gasteiger partial charge in [0.15, 0.2) is 5.96 Å². The zero-order chi connectivity index (χ0) is 18.6. The molecule has 26 heavy (non-hydrogen) atoms. The second kappa shape index (κ2) is 8.30. The number of benzene rings is 1. The molecule has 5 heteroatoms. The normalized spacial score (nSPS) is 21.8. The van der Waals surface area contributed by atoms with Crippen molar-refractivity contribution in [3.63, 3.8) is 0 Å². The lowest BCUT2D eigenvalue weighted by Crippen LogP contribution is -2.44. The highest BCUT2D eigenvalue weighted by molar-refractivity contribution is 5.80. The van der Waals surface area contributed by atoms with Crippen LogP contribution in [0.1, 0.15) is 44.7 Å². The maximum atomic E-state index is 5.65. The number of methoxy groups -OCH3 is 1. The fourth-order valence-electron chi connectivity index (χ4n) is 4.24. The van der Waals surface area contributed by atoms with Gasteiger partial charge in [0.25, 0.3) is 0 Å². The molecule has 1 aromatic carbocycles. The Labute approximate surface area is 158 Å². The Morgan fingerprint density at radius 1 is 1.23 bits per heavy atom. The number of guanidine groups is 1. The number of likely N-dealkylation sites (tertiary alicyclic amines) is 2. The molecule has 1 unspecified atom stereocenters. The summed E-state index contributed by atoms with van der Waals surface area (Å²) < 4.78 is 5.65. The van der Waals surface area contributed by atoms with Crippen LogP contribution in [0.15, 0.2) is 29.3 Å². The van der Waals surface area contributed by atoms with Crippen molar-refractivity contribution in [3.8, 4) is 5.75 Å². The molecule has 144 valence electrons. The van der Waals surface area contributed by atoms with Gasteiger partial charge >= 0.3 is 0 Å². The molecular formula is C21H34N4O. The molecule has 3 rings (SSSR count). The monoisotopic (exact) mass is 358 g/mol. The predicted octanol–water partition coefficient (Wildman–Crippen LogP) is 3.14. The summed E-state index contributed by atoms with van der Waals surface area (Å²) in [6.45, 7) is 9.97. The number of nitrogens with zero attached hydrogens (tertiary/aromatic N) is 3. The topological polar surface area (TPSA) is 40.1 Å². The lowest BCUT2D eigenvalue weighted by Gasteiger charge is -2.31. The molecule has 0 bridgehead atoms. The second-order valence-corrected chi connectivity index (χ2v) is 8.26. The van der Waals surface area contributed by atoms with Gasteiger partial charge in [-0.05, 0) is 43.8 Å². The first-order valence-electron chi connectivity index (χ1n) is 9.86. The molecule has 0 saturated carbocycles. The van der Waals surface area contributed by atoms with Gasteiger partial charge in [-0.1, -0.05) is 32.0 Å². The van der Waals surface area contributed by atoms with E-state index in [0.29, 0.717) is 11.5 Å². The third-order valence-corrected chi connectivity index (χ3v) is 5.72. The minimum Gasteiger partial charge on any atom is -0.496 e. The van der Waals surface area contributed by atoms with Crippen molar-refractivity contribution < 1.29 is 4.74 Å². The minimum atomic E-state index is 0.306. The summed E-state index contributed by atoms with van der Waals surface area (Å²) in [4.78, 5) is 9.52. The van der Waals surface area contributed by atoms with E-state index in [1.165, 1.54) is 24.8 Å². The van der Waals surface area contributed by atoms with Gasteiger partial charge in [0.2, 0.25) is 0 Å². The average Bonchev–Trinajstić information content (AvgIpc) is 3.28. The fourth-order valence-corrected chi connectivity index (χ4v) is 4.24. The van der Waals surface area contributed by atoms with Gasteiger partial charge in [0.1, 0.15) is 5.75 Å². The van der Waals surface area contributed by atoms with Gasteiger partial charge in [-0.25, -0.2) is 0 Å². The zero-order valence-electron chi connectivity index (χ0n) is 16.8. The number of aliphatic imine (C=N–C) groups is 1. The number of hydrogen-bond donors (Lipinski definition) is 1. The molecule has 0 aliphatic carbocycles. The second-order valence-electron chi connectivity index (χ2n) is 8.26. The molecule has 2 aliphatic rings. The van der Waals surface area contributed by atoms with E-state index in [-0.39, 0.29) is 0 Å². The fraction of sp³-hybridized carbons (Fsp3) is 0.667. The summed E-state index contributed by atoms with van der Waals surface area (Å²) in [5.74, 6) is 2.00. The summed E-state index contributed by atoms with van der Waals surface area (Å²) in [7, 11) is 3.65. The van der Waals surface area contributed by atoms with Gasteiger partial charge in [0.05, 0.1) is 13.2 Å². The molecule has 2 heterocycles. The van der Waals surface area contributed by atoms with Crippen LogP contribution in [0.3, 0.4) is 0 Å². The molecule has 2 saturated heterocycles. The van der Waals surface area contributed by atoms with Crippen molar-refractivity contribution in [1.29, 1.82) is 0 Å². The minimum absolute atomic E-state index is 0.306. The third-order valence-electron chi connectivity index (χ3n) is 5.72. The Kier molecular flexibility index (Phi) is 6.07. The van der Waals surface area contributed by atoms with E-state index < -0.39 is 0 Å². The lowest BCUT2D eigenvalue weighted by atomic mass is 9.93. The Balaban J connectivity index is 1.74. The van der Waals surface area contributed by atoms with Crippen LogP contribution in [0.4, 0.5) is 0 Å². The van der Waals surface area contributed by atoms with Crippen LogP contribution >= 0.6 is 0 Å². The van der Waals surface area contributed by atoms with Gasteiger partial charge < -0.3 is 15.0 Å². The van der Waals surface area contributed by atoms with E-state index >= 15 is 0 Å². The van der Waals surface area contributed by atoms with Gasteiger partial charge in [-0.2, -0.15) is 0 Å². The number of rotatable bonds is 5. The molecule has 1 N–H and O–H groups in total. The summed E-state index contributed by atoms with van der Waals surface area (Å²) >= 11 is 0. The van der Waals surface area contributed by atoms with Gasteiger partial charge in [-0.15, -0.1) is 0 Å². The molecule has 1 aromatic rings. The Hall–Kier alpha value is -1.75. The standard InChI is InChI=1S/C21H34N4O/c1-21(2)11-14-25(16-21)20(22-3)23-15-18(24-12-7-8-13-24)17-9-5-6-10-19(17)26-4/h5-6,9-10,18H,7-8,11-16H2,1-4H3,(H,22,23). The molecule has 2 aliphatic heterocycles. The lowest BCUT2D eigenvalue weighted by molar-refractivity contribution is 0.237. The predicted molar refractivity (Wildman–Crippen MR) is 108 cm³/mol. The Morgan fingerprint density at radius 3 is 2.58 bits per heavy atom. The van der Waals surface area contributed by atoms with E-state index in [2.05, 4.69) is 52.2 Å². The average molecular weight is 359 g/mol. The number of ether oxygens (including phenoxy) is 1. The van der Waals surface area contributed by atoms with Crippen molar-refractivity contribution in [2.75, 3.05) is 46.9 Å². The van der Waals surface area contributed by atoms with E-state index in [1.807, 2.05) is 13.1 Å². The first-order valence-corrected chi connectivity index (χ1v) is 9.86. The number of para-hydroxylation sites is 1. The van der Waals surface area contributed by atoms with Crippen LogP contribution in [0.5, 0.6) is 5.75 Å². The van der Waals surface area contributed by atoms with Crippen LogP contribution < -0.4 is 10.1 Å². The highest BCUT2D eigenvalue weighted by atomic mass is 16.5. The van der Waals surface area contributed by atoms with E-state index in [0.717, 1.165) is 44.4 Å². The SMILES string of the molecule is CN=C(NCC(c1ccccc1OC)N1CCCC1)N1CCC(C)(C)C1. The summed E-state index contributed by atoms with van der Waals surface area (Å²) in [5, 5.41) is 3.65. The molecule has 2 fully saturated rings. The van der Waals surface area contributed by atoms with Crippen molar-refractivity contribution in [2.45, 2.75) is 39.2 Å². The largest absolute Gasteiger partial charge is 0.496 e. The maximum Gasteiger partial charge on any atom is 0.193 e. The van der Waals surface area contributed by atoms with E-state index in [1.54, 1.807) is 7.11 Å². The molecular weight excluding hydrogens is 324 g/mol. The number of nitrogens with one attached hydrogen (secondary N) is 1. The molecule has 0 amide bonds. The van der Waals surface area contributed by atoms with Crippen molar-refractivity contribution in [2.24, 2.45) is 10.4 Å². The quantitative estimate of drug-likeness (QED) is 0.648. The molecule has 1 atom stereocenters. The van der Waals surface area contributed by atoms with Crippen molar-refractivity contribution in [1.82, 2.24) is 15.1 Å². The summed E-state index contributed by atoms with van der Waals surface area (Å²) in [5.41, 5.74) is 1.64. The molecule has 5 nitrogen and oxygen atoms in total. The highest BCUT2D eigenvalue weighted by Crippen LogP contribution is 2.32. The van der Waals surface area contributed by atoms with Crippen LogP contribution in [-0.4, -0.2) is 62.6 Å². The van der Waals surface area contributed by atoms with Gasteiger partial charge in [0, 0.05) is 32.2 Å². The summed E-state index contributed by atoms with van der Waals surface area (Å²) in [6.07, 6.45) is 3.77. The third kappa shape index (κ3) is 4.32. The molecule has 0 radical (unpaired) electrons. The molecule has 0 spiro atoms. The number of hydrogen-bond acceptors (Lipinski definition) is 3. The maximum absolute atomic E-state index is 5.65. The van der Waals surface area contributed by atoms with Crippen molar-refractivity contribution >= 4 is 5.96 Å². The van der Waals surface area contributed by atoms with Gasteiger partial charge in [-0.3, -0.25) is 9.89 Å². The Bertz CT molecular complexity index is 622. The van der Waals surface area contributed by atoms with E-state index in [4.69, 9.17) is 4.74 Å². The van der Waals surface area contributed by atoms with Crippen molar-refractivity contribution in [3.05, 3.63) is 29.8 Å². The first-order chi connectivity index (χ1) is 12.5.